The molecule has 0 aromatic heterocycles. The highest BCUT2D eigenvalue weighted by molar-refractivity contribution is 6.02. The summed E-state index contributed by atoms with van der Waals surface area (Å²) < 4.78 is 12.6. The molecule has 0 aromatic rings. The first-order valence-corrected chi connectivity index (χ1v) is 15.7. The molecule has 0 N–H and O–H groups in total. The molecule has 1 aliphatic rings. The highest BCUT2D eigenvalue weighted by atomic mass is 16.6. The molecular formula is C31H60N3O5+. The van der Waals surface area contributed by atoms with Crippen LogP contribution in [0.1, 0.15) is 124 Å². The Labute approximate surface area is 239 Å². The largest absolute Gasteiger partial charge is 0.460 e. The van der Waals surface area contributed by atoms with Gasteiger partial charge in [-0.2, -0.15) is 0 Å². The maximum Gasteiger partial charge on any atom is 0.329 e. The maximum absolute atomic E-state index is 13.1. The van der Waals surface area contributed by atoms with Crippen molar-refractivity contribution in [2.45, 2.75) is 142 Å². The Balaban J connectivity index is 2.50. The lowest BCUT2D eigenvalue weighted by Crippen LogP contribution is -2.47. The third-order valence-corrected chi connectivity index (χ3v) is 7.57. The maximum atomic E-state index is 13.1. The minimum atomic E-state index is -0.527. The van der Waals surface area contributed by atoms with Gasteiger partial charge in [-0.15, -0.1) is 0 Å². The Hall–Kier alpha value is -1.67. The number of hydrogen-bond acceptors (Lipinski definition) is 5. The molecule has 1 aliphatic heterocycles. The summed E-state index contributed by atoms with van der Waals surface area (Å²) in [5, 5.41) is 0. The number of hydrogen-bond donors (Lipinski definition) is 0. The average molecular weight is 555 g/mol. The summed E-state index contributed by atoms with van der Waals surface area (Å²) in [6.45, 7) is 8.58. The smallest absolute Gasteiger partial charge is 0.329 e. The first kappa shape index (κ1) is 35.4. The van der Waals surface area contributed by atoms with Crippen LogP contribution >= 0.6 is 0 Å². The molecule has 1 fully saturated rings. The van der Waals surface area contributed by atoms with Crippen molar-refractivity contribution >= 4 is 17.9 Å². The number of esters is 1. The highest BCUT2D eigenvalue weighted by Crippen LogP contribution is 2.23. The van der Waals surface area contributed by atoms with Crippen molar-refractivity contribution < 1.29 is 28.3 Å². The van der Waals surface area contributed by atoms with Gasteiger partial charge in [-0.3, -0.25) is 19.4 Å². The second-order valence-electron chi connectivity index (χ2n) is 12.4. The van der Waals surface area contributed by atoms with E-state index in [1.165, 1.54) is 87.4 Å². The summed E-state index contributed by atoms with van der Waals surface area (Å²) in [5.41, 5.74) is 0. The van der Waals surface area contributed by atoms with Crippen LogP contribution in [0.3, 0.4) is 0 Å². The fourth-order valence-corrected chi connectivity index (χ4v) is 5.11. The van der Waals surface area contributed by atoms with Gasteiger partial charge in [0.1, 0.15) is 18.9 Å². The summed E-state index contributed by atoms with van der Waals surface area (Å²) >= 11 is 0. The standard InChI is InChI=1S/C31H60N3O5/c1-8-10-11-12-13-14-15-16-17-18-19-20-21-22-28(26(3)38-27(4)35)39-30(9-2)33-25-29(36)32(31(33)37)23-24-34(5,6)7/h26,28,30H,8-25H2,1-7H3/q+1. The van der Waals surface area contributed by atoms with Gasteiger partial charge in [0.15, 0.2) is 0 Å². The molecule has 1 heterocycles. The molecule has 8 nitrogen and oxygen atoms in total. The Morgan fingerprint density at radius 2 is 1.38 bits per heavy atom. The Morgan fingerprint density at radius 1 is 0.872 bits per heavy atom. The molecule has 0 aromatic carbocycles. The van der Waals surface area contributed by atoms with Gasteiger partial charge in [-0.05, 0) is 19.8 Å². The number of amides is 3. The number of imide groups is 1. The van der Waals surface area contributed by atoms with E-state index in [4.69, 9.17) is 9.47 Å². The molecule has 0 radical (unpaired) electrons. The lowest BCUT2D eigenvalue weighted by molar-refractivity contribution is -0.869. The van der Waals surface area contributed by atoms with Gasteiger partial charge >= 0.3 is 12.0 Å². The molecule has 1 rings (SSSR count). The van der Waals surface area contributed by atoms with Gasteiger partial charge in [0, 0.05) is 6.92 Å². The molecule has 3 unspecified atom stereocenters. The molecule has 3 atom stereocenters. The second kappa shape index (κ2) is 19.4. The van der Waals surface area contributed by atoms with E-state index in [2.05, 4.69) is 6.92 Å². The van der Waals surface area contributed by atoms with Gasteiger partial charge in [0.2, 0.25) is 0 Å². The fraction of sp³-hybridized carbons (Fsp3) is 0.903. The van der Waals surface area contributed by atoms with Gasteiger partial charge in [-0.25, -0.2) is 4.79 Å². The molecule has 0 spiro atoms. The normalized spacial score (nSPS) is 16.6. The van der Waals surface area contributed by atoms with Crippen LogP contribution in [0, 0.1) is 0 Å². The zero-order chi connectivity index (χ0) is 29.3. The van der Waals surface area contributed by atoms with Gasteiger partial charge in [0.05, 0.1) is 40.3 Å². The molecule has 3 amide bonds. The molecule has 1 saturated heterocycles. The molecule has 8 heteroatoms. The van der Waals surface area contributed by atoms with E-state index in [1.807, 2.05) is 35.0 Å². The van der Waals surface area contributed by atoms with E-state index in [-0.39, 0.29) is 30.6 Å². The summed E-state index contributed by atoms with van der Waals surface area (Å²) in [6.07, 6.45) is 16.8. The summed E-state index contributed by atoms with van der Waals surface area (Å²) in [4.78, 5) is 40.3. The van der Waals surface area contributed by atoms with Crippen LogP contribution in [0.25, 0.3) is 0 Å². The van der Waals surface area contributed by atoms with Crippen LogP contribution in [0.15, 0.2) is 0 Å². The number of urea groups is 1. The predicted molar refractivity (Wildman–Crippen MR) is 157 cm³/mol. The minimum absolute atomic E-state index is 0.0297. The number of rotatable bonds is 23. The topological polar surface area (TPSA) is 76.2 Å². The number of quaternary nitrogens is 1. The molecule has 228 valence electrons. The average Bonchev–Trinajstić information content (AvgIpc) is 3.14. The van der Waals surface area contributed by atoms with E-state index < -0.39 is 12.3 Å². The number of nitrogens with zero attached hydrogens (tertiary/aromatic N) is 3. The van der Waals surface area contributed by atoms with Crippen molar-refractivity contribution in [1.29, 1.82) is 0 Å². The summed E-state index contributed by atoms with van der Waals surface area (Å²) in [5.74, 6) is -0.523. The van der Waals surface area contributed by atoms with E-state index in [9.17, 15) is 14.4 Å². The van der Waals surface area contributed by atoms with Crippen LogP contribution in [-0.4, -0.2) is 91.4 Å². The van der Waals surface area contributed by atoms with Gasteiger partial charge in [0.25, 0.3) is 5.91 Å². The van der Waals surface area contributed by atoms with E-state index in [0.717, 1.165) is 19.3 Å². The molecule has 0 aliphatic carbocycles. The molecule has 0 saturated carbocycles. The lowest BCUT2D eigenvalue weighted by Gasteiger charge is -2.33. The Bertz CT molecular complexity index is 709. The number of carbonyl (C=O) groups excluding carboxylic acids is 3. The van der Waals surface area contributed by atoms with Crippen molar-refractivity contribution in [3.05, 3.63) is 0 Å². The summed E-state index contributed by atoms with van der Waals surface area (Å²) in [7, 11) is 6.12. The zero-order valence-electron chi connectivity index (χ0n) is 26.3. The van der Waals surface area contributed by atoms with Crippen LogP contribution < -0.4 is 0 Å². The number of likely N-dealkylation sites (N-methyl/N-ethyl adjacent to an activating group) is 1. The molecule has 39 heavy (non-hydrogen) atoms. The van der Waals surface area contributed by atoms with Crippen molar-refractivity contribution in [3.63, 3.8) is 0 Å². The van der Waals surface area contributed by atoms with Crippen molar-refractivity contribution in [3.8, 4) is 0 Å². The zero-order valence-corrected chi connectivity index (χ0v) is 26.3. The van der Waals surface area contributed by atoms with Crippen molar-refractivity contribution in [2.24, 2.45) is 0 Å². The fourth-order valence-electron chi connectivity index (χ4n) is 5.11. The Kier molecular flexibility index (Phi) is 17.6. The summed E-state index contributed by atoms with van der Waals surface area (Å²) in [6, 6.07) is -0.292. The monoisotopic (exact) mass is 554 g/mol. The Morgan fingerprint density at radius 3 is 1.85 bits per heavy atom. The SMILES string of the molecule is CCCCCCCCCCCCCCCC(OC(CC)N1CC(=O)N(CC[N+](C)(C)C)C1=O)C(C)OC(C)=O. The predicted octanol–water partition coefficient (Wildman–Crippen LogP) is 6.51. The molecular weight excluding hydrogens is 494 g/mol. The van der Waals surface area contributed by atoms with E-state index >= 15 is 0 Å². The van der Waals surface area contributed by atoms with Crippen LogP contribution in [0.2, 0.25) is 0 Å². The van der Waals surface area contributed by atoms with E-state index in [0.29, 0.717) is 24.0 Å². The van der Waals surface area contributed by atoms with Crippen molar-refractivity contribution in [1.82, 2.24) is 9.80 Å². The first-order valence-electron chi connectivity index (χ1n) is 15.7. The molecule has 0 bridgehead atoms. The van der Waals surface area contributed by atoms with Crippen molar-refractivity contribution in [2.75, 3.05) is 40.8 Å². The third kappa shape index (κ3) is 15.1. The minimum Gasteiger partial charge on any atom is -0.460 e. The van der Waals surface area contributed by atoms with Crippen LogP contribution in [-0.2, 0) is 19.1 Å². The first-order chi connectivity index (χ1) is 18.5. The third-order valence-electron chi connectivity index (χ3n) is 7.57. The van der Waals surface area contributed by atoms with Crippen LogP contribution in [0.5, 0.6) is 0 Å². The quantitative estimate of drug-likeness (QED) is 0.0623. The lowest BCUT2D eigenvalue weighted by atomic mass is 10.0. The van der Waals surface area contributed by atoms with Crippen LogP contribution in [0.4, 0.5) is 4.79 Å². The van der Waals surface area contributed by atoms with E-state index in [1.54, 1.807) is 0 Å². The second-order valence-corrected chi connectivity index (χ2v) is 12.4. The number of unbranched alkanes of at least 4 members (excludes halogenated alkanes) is 12. The number of ether oxygens (including phenoxy) is 2. The van der Waals surface area contributed by atoms with Gasteiger partial charge in [-0.1, -0.05) is 97.3 Å². The highest BCUT2D eigenvalue weighted by Gasteiger charge is 2.41. The van der Waals surface area contributed by atoms with Gasteiger partial charge < -0.3 is 14.0 Å². The number of carbonyl (C=O) groups is 3.